The fraction of sp³-hybridized carbons (Fsp3) is 0.409. The number of hydrogen-bond donors (Lipinski definition) is 1. The van der Waals surface area contributed by atoms with Gasteiger partial charge in [-0.2, -0.15) is 0 Å². The van der Waals surface area contributed by atoms with Crippen molar-refractivity contribution in [2.45, 2.75) is 19.9 Å². The number of hydrogen-bond acceptors (Lipinski definition) is 4. The number of rotatable bonds is 7. The van der Waals surface area contributed by atoms with Crippen molar-refractivity contribution in [1.29, 1.82) is 0 Å². The highest BCUT2D eigenvalue weighted by molar-refractivity contribution is 5.77. The summed E-state index contributed by atoms with van der Waals surface area (Å²) in [6.45, 7) is 7.82. The van der Waals surface area contributed by atoms with Crippen molar-refractivity contribution < 1.29 is 14.3 Å². The van der Waals surface area contributed by atoms with Gasteiger partial charge in [0, 0.05) is 19.6 Å². The molecule has 1 fully saturated rings. The van der Waals surface area contributed by atoms with Gasteiger partial charge in [-0.1, -0.05) is 42.5 Å². The maximum absolute atomic E-state index is 12.4. The minimum atomic E-state index is -0.106. The minimum Gasteiger partial charge on any atom is -0.483 e. The molecule has 1 atom stereocenters. The number of morpholine rings is 1. The molecular formula is C22H28N2O3. The van der Waals surface area contributed by atoms with E-state index >= 15 is 0 Å². The fourth-order valence-corrected chi connectivity index (χ4v) is 3.31. The molecule has 0 unspecified atom stereocenters. The number of nitrogens with one attached hydrogen (secondary N) is 1. The van der Waals surface area contributed by atoms with Crippen LogP contribution in [0.1, 0.15) is 22.7 Å². The summed E-state index contributed by atoms with van der Waals surface area (Å²) in [4.78, 5) is 14.7. The van der Waals surface area contributed by atoms with Gasteiger partial charge in [0.05, 0.1) is 19.3 Å². The standard InChI is InChI=1S/C22H28N2O3/c1-17-7-6-10-21(18(17)2)27-16-22(25)23-15-20(19-8-4-3-5-9-19)24-11-13-26-14-12-24/h3-10,20H,11-16H2,1-2H3,(H,23,25)/t20-/m0/s1. The Morgan fingerprint density at radius 3 is 2.59 bits per heavy atom. The number of nitrogens with zero attached hydrogens (tertiary/aromatic N) is 1. The van der Waals surface area contributed by atoms with Crippen LogP contribution in [0.3, 0.4) is 0 Å². The van der Waals surface area contributed by atoms with Gasteiger partial charge in [-0.15, -0.1) is 0 Å². The highest BCUT2D eigenvalue weighted by atomic mass is 16.5. The van der Waals surface area contributed by atoms with E-state index in [-0.39, 0.29) is 18.6 Å². The lowest BCUT2D eigenvalue weighted by Gasteiger charge is -2.34. The molecule has 1 N–H and O–H groups in total. The normalized spacial score (nSPS) is 15.9. The van der Waals surface area contributed by atoms with Gasteiger partial charge in [0.1, 0.15) is 5.75 Å². The van der Waals surface area contributed by atoms with Crippen LogP contribution in [0, 0.1) is 13.8 Å². The van der Waals surface area contributed by atoms with Crippen molar-refractivity contribution in [1.82, 2.24) is 10.2 Å². The topological polar surface area (TPSA) is 50.8 Å². The Bertz CT molecular complexity index is 742. The van der Waals surface area contributed by atoms with Crippen molar-refractivity contribution >= 4 is 5.91 Å². The van der Waals surface area contributed by atoms with E-state index in [1.807, 2.05) is 50.2 Å². The minimum absolute atomic E-state index is 0.0227. The van der Waals surface area contributed by atoms with Crippen molar-refractivity contribution in [2.75, 3.05) is 39.5 Å². The van der Waals surface area contributed by atoms with Gasteiger partial charge >= 0.3 is 0 Å². The first-order valence-corrected chi connectivity index (χ1v) is 9.47. The molecule has 1 aliphatic rings. The first-order chi connectivity index (χ1) is 13.1. The SMILES string of the molecule is Cc1cccc(OCC(=O)NC[C@@H](c2ccccc2)N2CCOCC2)c1C. The largest absolute Gasteiger partial charge is 0.483 e. The summed E-state index contributed by atoms with van der Waals surface area (Å²) < 4.78 is 11.2. The first-order valence-electron chi connectivity index (χ1n) is 9.47. The highest BCUT2D eigenvalue weighted by Crippen LogP contribution is 2.22. The zero-order chi connectivity index (χ0) is 19.1. The molecule has 5 nitrogen and oxygen atoms in total. The molecular weight excluding hydrogens is 340 g/mol. The van der Waals surface area contributed by atoms with Crippen LogP contribution in [-0.2, 0) is 9.53 Å². The lowest BCUT2D eigenvalue weighted by molar-refractivity contribution is -0.123. The number of amides is 1. The summed E-state index contributed by atoms with van der Waals surface area (Å²) in [5.41, 5.74) is 3.43. The molecule has 0 radical (unpaired) electrons. The van der Waals surface area contributed by atoms with Crippen LogP contribution in [0.4, 0.5) is 0 Å². The number of carbonyl (C=O) groups excluding carboxylic acids is 1. The van der Waals surface area contributed by atoms with Crippen molar-refractivity contribution in [2.24, 2.45) is 0 Å². The molecule has 0 aromatic heterocycles. The Morgan fingerprint density at radius 2 is 1.85 bits per heavy atom. The third-order valence-corrected chi connectivity index (χ3v) is 5.08. The lowest BCUT2D eigenvalue weighted by Crippen LogP contribution is -2.44. The van der Waals surface area contributed by atoms with Gasteiger partial charge < -0.3 is 14.8 Å². The zero-order valence-corrected chi connectivity index (χ0v) is 16.1. The molecule has 144 valence electrons. The van der Waals surface area contributed by atoms with Crippen LogP contribution in [0.5, 0.6) is 5.75 Å². The van der Waals surface area contributed by atoms with Crippen molar-refractivity contribution in [3.63, 3.8) is 0 Å². The fourth-order valence-electron chi connectivity index (χ4n) is 3.31. The van der Waals surface area contributed by atoms with E-state index in [2.05, 4.69) is 22.3 Å². The van der Waals surface area contributed by atoms with E-state index < -0.39 is 0 Å². The second-order valence-corrected chi connectivity index (χ2v) is 6.87. The Hall–Kier alpha value is -2.37. The van der Waals surface area contributed by atoms with Gasteiger partial charge in [-0.3, -0.25) is 9.69 Å². The summed E-state index contributed by atoms with van der Waals surface area (Å²) in [7, 11) is 0. The van der Waals surface area contributed by atoms with E-state index in [1.54, 1.807) is 0 Å². The summed E-state index contributed by atoms with van der Waals surface area (Å²) in [5, 5.41) is 3.04. The second kappa shape index (κ2) is 9.53. The number of carbonyl (C=O) groups is 1. The Labute approximate surface area is 161 Å². The van der Waals surface area contributed by atoms with Crippen molar-refractivity contribution in [3.8, 4) is 5.75 Å². The predicted octanol–water partition coefficient (Wildman–Crippen LogP) is 2.87. The van der Waals surface area contributed by atoms with Crippen LogP contribution in [0.2, 0.25) is 0 Å². The first kappa shape index (κ1) is 19.4. The third-order valence-electron chi connectivity index (χ3n) is 5.08. The predicted molar refractivity (Wildman–Crippen MR) is 106 cm³/mol. The van der Waals surface area contributed by atoms with Crippen molar-refractivity contribution in [3.05, 3.63) is 65.2 Å². The molecule has 2 aromatic rings. The maximum Gasteiger partial charge on any atom is 0.258 e. The monoisotopic (exact) mass is 368 g/mol. The summed E-state index contributed by atoms with van der Waals surface area (Å²) in [5.74, 6) is 0.656. The highest BCUT2D eigenvalue weighted by Gasteiger charge is 2.23. The lowest BCUT2D eigenvalue weighted by atomic mass is 10.0. The van der Waals surface area contributed by atoms with Crippen LogP contribution in [0.25, 0.3) is 0 Å². The van der Waals surface area contributed by atoms with Crippen LogP contribution < -0.4 is 10.1 Å². The van der Waals surface area contributed by atoms with E-state index in [0.29, 0.717) is 6.54 Å². The number of aryl methyl sites for hydroxylation is 1. The van der Waals surface area contributed by atoms with E-state index in [0.717, 1.165) is 43.2 Å². The van der Waals surface area contributed by atoms with E-state index in [1.165, 1.54) is 5.56 Å². The number of ether oxygens (including phenoxy) is 2. The average molecular weight is 368 g/mol. The average Bonchev–Trinajstić information content (AvgIpc) is 2.71. The molecule has 0 saturated carbocycles. The third kappa shape index (κ3) is 5.31. The Balaban J connectivity index is 1.57. The van der Waals surface area contributed by atoms with Gasteiger partial charge in [0.2, 0.25) is 0 Å². The van der Waals surface area contributed by atoms with Gasteiger partial charge in [0.25, 0.3) is 5.91 Å². The van der Waals surface area contributed by atoms with E-state index in [9.17, 15) is 4.79 Å². The van der Waals surface area contributed by atoms with Gasteiger partial charge in [-0.05, 0) is 36.6 Å². The molecule has 3 rings (SSSR count). The molecule has 1 aliphatic heterocycles. The van der Waals surface area contributed by atoms with Gasteiger partial charge in [-0.25, -0.2) is 0 Å². The summed E-state index contributed by atoms with van der Waals surface area (Å²) in [6.07, 6.45) is 0. The molecule has 1 amide bonds. The molecule has 0 aliphatic carbocycles. The molecule has 0 bridgehead atoms. The molecule has 5 heteroatoms. The Morgan fingerprint density at radius 1 is 1.11 bits per heavy atom. The molecule has 1 heterocycles. The Kier molecular flexibility index (Phi) is 6.85. The van der Waals surface area contributed by atoms with Gasteiger partial charge in [0.15, 0.2) is 6.61 Å². The molecule has 1 saturated heterocycles. The zero-order valence-electron chi connectivity index (χ0n) is 16.1. The number of benzene rings is 2. The summed E-state index contributed by atoms with van der Waals surface area (Å²) >= 11 is 0. The molecule has 2 aromatic carbocycles. The summed E-state index contributed by atoms with van der Waals surface area (Å²) in [6, 6.07) is 16.3. The molecule has 0 spiro atoms. The van der Waals surface area contributed by atoms with Crippen LogP contribution >= 0.6 is 0 Å². The maximum atomic E-state index is 12.4. The smallest absolute Gasteiger partial charge is 0.258 e. The van der Waals surface area contributed by atoms with Crippen LogP contribution in [0.15, 0.2) is 48.5 Å². The second-order valence-electron chi connectivity index (χ2n) is 6.87. The molecule has 27 heavy (non-hydrogen) atoms. The quantitative estimate of drug-likeness (QED) is 0.817. The van der Waals surface area contributed by atoms with E-state index in [4.69, 9.17) is 9.47 Å². The van der Waals surface area contributed by atoms with Crippen LogP contribution in [-0.4, -0.2) is 50.3 Å².